The summed E-state index contributed by atoms with van der Waals surface area (Å²) >= 11 is 0. The Morgan fingerprint density at radius 1 is 1.08 bits per heavy atom. The highest BCUT2D eigenvalue weighted by Crippen LogP contribution is 2.31. The number of ether oxygens (including phenoxy) is 1. The molecule has 0 aliphatic rings. The molecule has 9 heteroatoms. The van der Waals surface area contributed by atoms with Crippen LogP contribution >= 0.6 is 0 Å². The van der Waals surface area contributed by atoms with Gasteiger partial charge in [0, 0.05) is 35.7 Å². The summed E-state index contributed by atoms with van der Waals surface area (Å²) in [6, 6.07) is 21.6. The fourth-order valence-corrected chi connectivity index (χ4v) is 4.97. The molecular formula is C30H25FN6O2. The van der Waals surface area contributed by atoms with Crippen molar-refractivity contribution in [2.75, 3.05) is 12.4 Å². The van der Waals surface area contributed by atoms with Gasteiger partial charge in [-0.15, -0.1) is 0 Å². The first-order chi connectivity index (χ1) is 18.9. The van der Waals surface area contributed by atoms with Gasteiger partial charge in [-0.2, -0.15) is 0 Å². The van der Waals surface area contributed by atoms with Crippen LogP contribution in [0.3, 0.4) is 0 Å². The molecule has 6 rings (SSSR count). The molecule has 0 unspecified atom stereocenters. The lowest BCUT2D eigenvalue weighted by Crippen LogP contribution is -2.24. The second kappa shape index (κ2) is 9.60. The SMILES string of the molecule is COc1ccc(NC(C)=O)c(-c2ccc(-n3c(=N)n(Cc4cccc5[nH]ccc45)c4ccc(F)cc43)cn2)c1. The van der Waals surface area contributed by atoms with Crippen LogP contribution < -0.4 is 15.7 Å². The van der Waals surface area contributed by atoms with E-state index in [1.54, 1.807) is 42.1 Å². The van der Waals surface area contributed by atoms with E-state index < -0.39 is 0 Å². The highest BCUT2D eigenvalue weighted by Gasteiger charge is 2.16. The normalized spacial score (nSPS) is 11.3. The molecule has 0 saturated carbocycles. The lowest BCUT2D eigenvalue weighted by Gasteiger charge is -2.12. The smallest absolute Gasteiger partial charge is 0.221 e. The second-order valence-electron chi connectivity index (χ2n) is 9.23. The molecule has 0 radical (unpaired) electrons. The van der Waals surface area contributed by atoms with E-state index in [9.17, 15) is 9.18 Å². The zero-order valence-corrected chi connectivity index (χ0v) is 21.3. The number of aromatic nitrogens is 4. The lowest BCUT2D eigenvalue weighted by molar-refractivity contribution is -0.114. The van der Waals surface area contributed by atoms with Crippen molar-refractivity contribution in [2.45, 2.75) is 13.5 Å². The largest absolute Gasteiger partial charge is 0.497 e. The third-order valence-corrected chi connectivity index (χ3v) is 6.77. The van der Waals surface area contributed by atoms with E-state index >= 15 is 0 Å². The summed E-state index contributed by atoms with van der Waals surface area (Å²) in [6.45, 7) is 1.89. The molecule has 194 valence electrons. The molecule has 0 saturated heterocycles. The summed E-state index contributed by atoms with van der Waals surface area (Å²) in [7, 11) is 1.57. The number of nitrogens with one attached hydrogen (secondary N) is 3. The van der Waals surface area contributed by atoms with Crippen LogP contribution in [0.25, 0.3) is 38.9 Å². The minimum Gasteiger partial charge on any atom is -0.497 e. The molecule has 8 nitrogen and oxygen atoms in total. The quantitative estimate of drug-likeness (QED) is 0.266. The number of amides is 1. The number of imidazole rings is 1. The Balaban J connectivity index is 1.46. The number of methoxy groups -OCH3 is 1. The van der Waals surface area contributed by atoms with E-state index in [4.69, 9.17) is 10.1 Å². The minimum atomic E-state index is -0.387. The molecule has 3 aromatic heterocycles. The molecule has 3 N–H and O–H groups in total. The van der Waals surface area contributed by atoms with E-state index in [0.29, 0.717) is 40.4 Å². The van der Waals surface area contributed by atoms with Gasteiger partial charge in [0.15, 0.2) is 0 Å². The van der Waals surface area contributed by atoms with Crippen LogP contribution in [0.15, 0.2) is 85.2 Å². The number of pyridine rings is 1. The van der Waals surface area contributed by atoms with Crippen LogP contribution in [-0.2, 0) is 11.3 Å². The van der Waals surface area contributed by atoms with Crippen molar-refractivity contribution in [2.24, 2.45) is 0 Å². The molecular weight excluding hydrogens is 495 g/mol. The first-order valence-corrected chi connectivity index (χ1v) is 12.4. The lowest BCUT2D eigenvalue weighted by atomic mass is 10.1. The van der Waals surface area contributed by atoms with Crippen LogP contribution in [-0.4, -0.2) is 32.1 Å². The average Bonchev–Trinajstić information content (AvgIpc) is 3.52. The number of anilines is 1. The van der Waals surface area contributed by atoms with Gasteiger partial charge in [-0.1, -0.05) is 12.1 Å². The van der Waals surface area contributed by atoms with Gasteiger partial charge in [-0.25, -0.2) is 4.39 Å². The van der Waals surface area contributed by atoms with Crippen molar-refractivity contribution in [3.63, 3.8) is 0 Å². The van der Waals surface area contributed by atoms with Gasteiger partial charge in [0.2, 0.25) is 11.5 Å². The molecule has 3 aromatic carbocycles. The van der Waals surface area contributed by atoms with Gasteiger partial charge in [0.05, 0.1) is 48.0 Å². The summed E-state index contributed by atoms with van der Waals surface area (Å²) in [6.07, 6.45) is 3.54. The second-order valence-corrected chi connectivity index (χ2v) is 9.23. The van der Waals surface area contributed by atoms with E-state index in [0.717, 1.165) is 22.0 Å². The van der Waals surface area contributed by atoms with Gasteiger partial charge in [-0.05, 0) is 60.2 Å². The highest BCUT2D eigenvalue weighted by molar-refractivity contribution is 5.94. The first kappa shape index (κ1) is 24.2. The summed E-state index contributed by atoms with van der Waals surface area (Å²) in [4.78, 5) is 19.6. The summed E-state index contributed by atoms with van der Waals surface area (Å²) < 4.78 is 23.3. The predicted octanol–water partition coefficient (Wildman–Crippen LogP) is 5.61. The number of halogens is 1. The maximum absolute atomic E-state index is 14.4. The topological polar surface area (TPSA) is 101 Å². The van der Waals surface area contributed by atoms with E-state index in [2.05, 4.69) is 15.3 Å². The Kier molecular flexibility index (Phi) is 5.95. The van der Waals surface area contributed by atoms with Gasteiger partial charge in [-0.3, -0.25) is 19.8 Å². The van der Waals surface area contributed by atoms with E-state index in [-0.39, 0.29) is 17.3 Å². The molecule has 0 atom stereocenters. The summed E-state index contributed by atoms with van der Waals surface area (Å²) in [5.74, 6) is 0.0449. The van der Waals surface area contributed by atoms with Gasteiger partial charge >= 0.3 is 0 Å². The molecule has 0 aliphatic carbocycles. The molecule has 0 bridgehead atoms. The van der Waals surface area contributed by atoms with Gasteiger partial charge in [0.25, 0.3) is 0 Å². The minimum absolute atomic E-state index is 0.193. The van der Waals surface area contributed by atoms with Gasteiger partial charge in [0.1, 0.15) is 11.6 Å². The molecule has 0 spiro atoms. The third-order valence-electron chi connectivity index (χ3n) is 6.77. The van der Waals surface area contributed by atoms with Gasteiger partial charge < -0.3 is 19.6 Å². The van der Waals surface area contributed by atoms with Crippen LogP contribution in [0, 0.1) is 11.2 Å². The average molecular weight is 521 g/mol. The monoisotopic (exact) mass is 520 g/mol. The fraction of sp³-hybridized carbons (Fsp3) is 0.100. The maximum Gasteiger partial charge on any atom is 0.221 e. The Morgan fingerprint density at radius 2 is 1.95 bits per heavy atom. The Labute approximate surface area is 222 Å². The van der Waals surface area contributed by atoms with Crippen molar-refractivity contribution >= 4 is 33.5 Å². The van der Waals surface area contributed by atoms with Crippen molar-refractivity contribution < 1.29 is 13.9 Å². The van der Waals surface area contributed by atoms with Crippen LogP contribution in [0.1, 0.15) is 12.5 Å². The van der Waals surface area contributed by atoms with Crippen LogP contribution in [0.2, 0.25) is 0 Å². The van der Waals surface area contributed by atoms with Crippen LogP contribution in [0.5, 0.6) is 5.75 Å². The van der Waals surface area contributed by atoms with E-state index in [1.807, 2.05) is 47.2 Å². The molecule has 6 aromatic rings. The molecule has 3 heterocycles. The molecule has 0 fully saturated rings. The summed E-state index contributed by atoms with van der Waals surface area (Å²) in [5, 5.41) is 13.0. The predicted molar refractivity (Wildman–Crippen MR) is 149 cm³/mol. The number of benzene rings is 3. The van der Waals surface area contributed by atoms with Crippen molar-refractivity contribution in [1.82, 2.24) is 19.1 Å². The molecule has 0 aliphatic heterocycles. The van der Waals surface area contributed by atoms with Crippen LogP contribution in [0.4, 0.5) is 10.1 Å². The van der Waals surface area contributed by atoms with Crippen molar-refractivity contribution in [3.8, 4) is 22.7 Å². The highest BCUT2D eigenvalue weighted by atomic mass is 19.1. The number of aromatic amines is 1. The van der Waals surface area contributed by atoms with Crippen molar-refractivity contribution in [1.29, 1.82) is 5.41 Å². The van der Waals surface area contributed by atoms with Crippen molar-refractivity contribution in [3.05, 3.63) is 102 Å². The third kappa shape index (κ3) is 4.33. The number of H-pyrrole nitrogens is 1. The molecule has 39 heavy (non-hydrogen) atoms. The number of hydrogen-bond donors (Lipinski definition) is 3. The number of hydrogen-bond acceptors (Lipinski definition) is 4. The zero-order chi connectivity index (χ0) is 27.1. The standard InChI is InChI=1S/C30H25FN6O2/c1-18(38)35-27-10-8-22(39-2)15-24(27)26-9-7-21(16-34-26)37-29-14-20(31)6-11-28(29)36(30(37)32)17-19-4-3-5-25-23(19)12-13-33-25/h3-16,32-33H,17H2,1-2H3,(H,35,38). The molecule has 1 amide bonds. The van der Waals surface area contributed by atoms with E-state index in [1.165, 1.54) is 19.1 Å². The zero-order valence-electron chi connectivity index (χ0n) is 21.3. The first-order valence-electron chi connectivity index (χ1n) is 12.4. The number of carbonyl (C=O) groups is 1. The Hall–Kier alpha value is -5.18. The Bertz CT molecular complexity index is 1920. The fourth-order valence-electron chi connectivity index (χ4n) is 4.97. The Morgan fingerprint density at radius 3 is 2.72 bits per heavy atom. The number of fused-ring (bicyclic) bond motifs is 2. The number of nitrogens with zero attached hydrogens (tertiary/aromatic N) is 3. The number of carbonyl (C=O) groups excluding carboxylic acids is 1. The maximum atomic E-state index is 14.4. The summed E-state index contributed by atoms with van der Waals surface area (Å²) in [5.41, 5.74) is 6.09. The number of rotatable bonds is 6.